The first kappa shape index (κ1) is 23.9. The van der Waals surface area contributed by atoms with E-state index < -0.39 is 16.4 Å². The third kappa shape index (κ3) is 5.64. The quantitative estimate of drug-likeness (QED) is 0.454. The molecule has 2 aromatic heterocycles. The number of methoxy groups -OCH3 is 1. The van der Waals surface area contributed by atoms with Crippen LogP contribution in [-0.2, 0) is 23.5 Å². The van der Waals surface area contributed by atoms with Gasteiger partial charge in [-0.3, -0.25) is 0 Å². The lowest BCUT2D eigenvalue weighted by Gasteiger charge is -2.26. The number of aromatic nitrogens is 3. The molecule has 0 saturated heterocycles. The van der Waals surface area contributed by atoms with Gasteiger partial charge in [0.2, 0.25) is 11.8 Å². The second-order valence-electron chi connectivity index (χ2n) is 7.76. The molecule has 0 atom stereocenters. The minimum Gasteiger partial charge on any atom is -0.495 e. The number of nitrogens with one attached hydrogen (secondary N) is 2. The predicted octanol–water partition coefficient (Wildman–Crippen LogP) is 3.91. The number of benzene rings is 1. The fourth-order valence-corrected chi connectivity index (χ4v) is 4.00. The van der Waals surface area contributed by atoms with Crippen molar-refractivity contribution in [1.82, 2.24) is 19.9 Å². The van der Waals surface area contributed by atoms with Crippen LogP contribution in [0.4, 0.5) is 27.0 Å². The van der Waals surface area contributed by atoms with Crippen LogP contribution in [0.3, 0.4) is 0 Å². The van der Waals surface area contributed by atoms with Gasteiger partial charge in [-0.15, -0.1) is 0 Å². The van der Waals surface area contributed by atoms with E-state index in [0.29, 0.717) is 17.0 Å². The molecule has 34 heavy (non-hydrogen) atoms. The van der Waals surface area contributed by atoms with Gasteiger partial charge in [-0.1, -0.05) is 15.5 Å². The smallest absolute Gasteiger partial charge is 0.490 e. The van der Waals surface area contributed by atoms with Gasteiger partial charge in [-0.25, -0.2) is 9.97 Å². The molecule has 0 unspecified atom stereocenters. The van der Waals surface area contributed by atoms with E-state index >= 15 is 0 Å². The van der Waals surface area contributed by atoms with Gasteiger partial charge in [0.1, 0.15) is 10.8 Å². The van der Waals surface area contributed by atoms with Gasteiger partial charge in [0.25, 0.3) is 0 Å². The van der Waals surface area contributed by atoms with Crippen molar-refractivity contribution in [3.8, 4) is 11.6 Å². The van der Waals surface area contributed by atoms with Gasteiger partial charge in [0.05, 0.1) is 30.9 Å². The largest absolute Gasteiger partial charge is 0.495 e. The fraction of sp³-hybridized carbons (Fsp3) is 0.286. The number of hydrogen-bond donors (Lipinski definition) is 2. The van der Waals surface area contributed by atoms with Gasteiger partial charge < -0.3 is 24.5 Å². The monoisotopic (exact) mass is 508 g/mol. The molecule has 0 spiro atoms. The lowest BCUT2D eigenvalue weighted by molar-refractivity contribution is 0.312. The van der Waals surface area contributed by atoms with Crippen molar-refractivity contribution in [2.45, 2.75) is 19.9 Å². The highest BCUT2D eigenvalue weighted by atomic mass is 35.5. The van der Waals surface area contributed by atoms with Crippen LogP contribution in [0.1, 0.15) is 16.7 Å². The Kier molecular flexibility index (Phi) is 6.73. The zero-order valence-electron chi connectivity index (χ0n) is 18.6. The molecule has 0 saturated carbocycles. The highest BCUT2D eigenvalue weighted by Crippen LogP contribution is 2.34. The summed E-state index contributed by atoms with van der Waals surface area (Å²) in [6.45, 7) is 3.48. The van der Waals surface area contributed by atoms with Crippen molar-refractivity contribution in [2.75, 3.05) is 31.3 Å². The first-order chi connectivity index (χ1) is 16.1. The van der Waals surface area contributed by atoms with Crippen LogP contribution in [-0.4, -0.2) is 49.0 Å². The summed E-state index contributed by atoms with van der Waals surface area (Å²) in [5, 5.41) is 6.45. The summed E-state index contributed by atoms with van der Waals surface area (Å²) in [7, 11) is -1.49. The summed E-state index contributed by atoms with van der Waals surface area (Å²) in [6.07, 6.45) is 3.67. The number of anilines is 4. The summed E-state index contributed by atoms with van der Waals surface area (Å²) in [4.78, 5) is 14.7. The number of halogens is 2. The molecule has 0 aliphatic carbocycles. The number of ether oxygens (including phenoxy) is 1. The van der Waals surface area contributed by atoms with Crippen LogP contribution < -0.4 is 19.6 Å². The van der Waals surface area contributed by atoms with E-state index in [1.807, 2.05) is 12.1 Å². The third-order valence-electron chi connectivity index (χ3n) is 5.24. The van der Waals surface area contributed by atoms with E-state index in [1.54, 1.807) is 14.0 Å². The number of hydrogen-bond acceptors (Lipinski definition) is 10. The maximum atomic E-state index is 12.7. The molecule has 1 aliphatic rings. The average Bonchev–Trinajstić information content (AvgIpc) is 2.76. The van der Waals surface area contributed by atoms with Gasteiger partial charge in [0, 0.05) is 19.2 Å². The first-order valence-electron chi connectivity index (χ1n) is 10.2. The van der Waals surface area contributed by atoms with E-state index in [-0.39, 0.29) is 16.8 Å². The van der Waals surface area contributed by atoms with Gasteiger partial charge in [-0.05, 0) is 49.2 Å². The summed E-state index contributed by atoms with van der Waals surface area (Å²) >= 11 is 6.27. The molecule has 180 valence electrons. The molecule has 2 N–H and O–H groups in total. The number of aryl methyl sites for hydroxylation is 1. The molecule has 1 aliphatic heterocycles. The molecule has 0 fully saturated rings. The van der Waals surface area contributed by atoms with Crippen molar-refractivity contribution in [2.24, 2.45) is 0 Å². The second kappa shape index (κ2) is 9.57. The van der Waals surface area contributed by atoms with E-state index in [4.69, 9.17) is 16.3 Å². The minimum atomic E-state index is -5.17. The van der Waals surface area contributed by atoms with E-state index in [1.165, 1.54) is 29.6 Å². The van der Waals surface area contributed by atoms with Crippen molar-refractivity contribution in [3.63, 3.8) is 0 Å². The Balaban J connectivity index is 1.58. The van der Waals surface area contributed by atoms with Crippen molar-refractivity contribution >= 4 is 45.2 Å². The normalized spacial score (nSPS) is 13.8. The molecule has 3 aromatic rings. The standard InChI is InChI=1S/C21H22ClFN6O4S/c1-12-6-19(33-34(23,30)31)24-10-17(12)26-20-15(22)9-25-21(28-20)27-16-7-14-11-29(2)5-4-13(14)8-18(16)32-3/h6-10H,4-5,11H2,1-3H3,(H2,25,26,27,28). The Labute approximate surface area is 201 Å². The Morgan fingerprint density at radius 2 is 1.91 bits per heavy atom. The number of fused-ring (bicyclic) bond motifs is 1. The first-order valence-corrected chi connectivity index (χ1v) is 11.9. The minimum absolute atomic E-state index is 0.246. The van der Waals surface area contributed by atoms with Gasteiger partial charge in [0.15, 0.2) is 5.82 Å². The maximum Gasteiger partial charge on any atom is 0.490 e. The maximum absolute atomic E-state index is 12.7. The highest BCUT2D eigenvalue weighted by molar-refractivity contribution is 7.81. The van der Waals surface area contributed by atoms with Gasteiger partial charge >= 0.3 is 10.5 Å². The Hall–Kier alpha value is -3.22. The zero-order chi connectivity index (χ0) is 24.5. The molecule has 3 heterocycles. The second-order valence-corrected chi connectivity index (χ2v) is 9.12. The summed E-state index contributed by atoms with van der Waals surface area (Å²) in [5.74, 6) is 0.845. The summed E-state index contributed by atoms with van der Waals surface area (Å²) < 4.78 is 43.8. The number of rotatable bonds is 7. The highest BCUT2D eigenvalue weighted by Gasteiger charge is 2.18. The van der Waals surface area contributed by atoms with Crippen LogP contribution in [0.25, 0.3) is 0 Å². The number of nitrogens with zero attached hydrogens (tertiary/aromatic N) is 4. The molecule has 0 amide bonds. The fourth-order valence-electron chi connectivity index (χ4n) is 3.57. The molecule has 13 heteroatoms. The van der Waals surface area contributed by atoms with Crippen LogP contribution in [0.15, 0.2) is 30.6 Å². The summed E-state index contributed by atoms with van der Waals surface area (Å²) in [6, 6.07) is 5.32. The topological polar surface area (TPSA) is 119 Å². The molecule has 0 radical (unpaired) electrons. The molecular formula is C21H22ClFN6O4S. The van der Waals surface area contributed by atoms with E-state index in [9.17, 15) is 12.3 Å². The number of likely N-dealkylation sites (N-methyl/N-ethyl adjacent to an activating group) is 1. The lowest BCUT2D eigenvalue weighted by atomic mass is 9.99. The molecular weight excluding hydrogens is 487 g/mol. The van der Waals surface area contributed by atoms with E-state index in [2.05, 4.69) is 41.7 Å². The molecule has 1 aromatic carbocycles. The van der Waals surface area contributed by atoms with Crippen LogP contribution in [0.5, 0.6) is 11.6 Å². The zero-order valence-corrected chi connectivity index (χ0v) is 20.2. The Bertz CT molecular complexity index is 1340. The van der Waals surface area contributed by atoms with Crippen LogP contribution in [0, 0.1) is 6.92 Å². The molecule has 0 bridgehead atoms. The Morgan fingerprint density at radius 3 is 2.62 bits per heavy atom. The SMILES string of the molecule is COc1cc2c(cc1Nc1ncc(Cl)c(Nc3cnc(OS(=O)(=O)F)cc3C)n1)CN(C)CC2. The van der Waals surface area contributed by atoms with Crippen molar-refractivity contribution in [1.29, 1.82) is 0 Å². The van der Waals surface area contributed by atoms with Crippen molar-refractivity contribution < 1.29 is 21.2 Å². The van der Waals surface area contributed by atoms with E-state index in [0.717, 1.165) is 25.2 Å². The third-order valence-corrected chi connectivity index (χ3v) is 5.89. The van der Waals surface area contributed by atoms with Gasteiger partial charge in [-0.2, -0.15) is 13.4 Å². The average molecular weight is 509 g/mol. The van der Waals surface area contributed by atoms with Crippen LogP contribution >= 0.6 is 11.6 Å². The predicted molar refractivity (Wildman–Crippen MR) is 126 cm³/mol. The Morgan fingerprint density at radius 1 is 1.12 bits per heavy atom. The van der Waals surface area contributed by atoms with Crippen molar-refractivity contribution in [3.05, 3.63) is 52.3 Å². The number of pyridine rings is 1. The molecule has 4 rings (SSSR count). The lowest BCUT2D eigenvalue weighted by Crippen LogP contribution is -2.26. The summed E-state index contributed by atoms with van der Waals surface area (Å²) in [5.41, 5.74) is 4.15. The molecule has 10 nitrogen and oxygen atoms in total. The van der Waals surface area contributed by atoms with Crippen LogP contribution in [0.2, 0.25) is 5.02 Å².